The fourth-order valence-corrected chi connectivity index (χ4v) is 4.67. The van der Waals surface area contributed by atoms with Gasteiger partial charge in [0.25, 0.3) is 5.91 Å². The van der Waals surface area contributed by atoms with Gasteiger partial charge in [0.05, 0.1) is 34.7 Å². The highest BCUT2D eigenvalue weighted by Crippen LogP contribution is 2.39. The minimum Gasteiger partial charge on any atom is -0.494 e. The second-order valence-electron chi connectivity index (χ2n) is 9.61. The van der Waals surface area contributed by atoms with Crippen LogP contribution in [0.5, 0.6) is 5.75 Å². The second kappa shape index (κ2) is 12.5. The van der Waals surface area contributed by atoms with E-state index in [2.05, 4.69) is 5.16 Å². The van der Waals surface area contributed by atoms with E-state index in [-0.39, 0.29) is 52.7 Å². The minimum atomic E-state index is -4.69. The largest absolute Gasteiger partial charge is 0.494 e. The van der Waals surface area contributed by atoms with Crippen molar-refractivity contribution in [2.24, 2.45) is 5.16 Å². The Hall–Kier alpha value is -4.30. The first kappa shape index (κ1) is 31.2. The lowest BCUT2D eigenvalue weighted by molar-refractivity contribution is -0.137. The highest BCUT2D eigenvalue weighted by atomic mass is 35.5. The predicted molar refractivity (Wildman–Crippen MR) is 149 cm³/mol. The maximum absolute atomic E-state index is 13.9. The highest BCUT2D eigenvalue weighted by molar-refractivity contribution is 6.33. The molecule has 1 N–H and O–H groups in total. The number of nitrogens with zero attached hydrogens (tertiary/aromatic N) is 4. The van der Waals surface area contributed by atoms with Crippen LogP contribution in [0.2, 0.25) is 5.02 Å². The van der Waals surface area contributed by atoms with E-state index in [1.165, 1.54) is 41.3 Å². The first-order valence-electron chi connectivity index (χ1n) is 12.5. The van der Waals surface area contributed by atoms with E-state index < -0.39 is 29.2 Å². The SMILES string of the molecule is C\C=C/C(=C\C=N\O)c1ccc(OCCCN2C(=O)N(c3ccc(C#N)c(Cl)c3C)C(=O)C2(C)C)cc1C(F)(F)F. The van der Waals surface area contributed by atoms with Crippen LogP contribution in [0.15, 0.2) is 53.7 Å². The Labute approximate surface area is 240 Å². The number of rotatable bonds is 9. The molecule has 3 amide bonds. The third kappa shape index (κ3) is 6.38. The zero-order valence-electron chi connectivity index (χ0n) is 22.8. The molecule has 41 heavy (non-hydrogen) atoms. The van der Waals surface area contributed by atoms with E-state index in [0.717, 1.165) is 17.2 Å². The minimum absolute atomic E-state index is 0.0238. The van der Waals surface area contributed by atoms with Gasteiger partial charge in [0.2, 0.25) is 0 Å². The average Bonchev–Trinajstić information content (AvgIpc) is 3.08. The van der Waals surface area contributed by atoms with Gasteiger partial charge in [-0.1, -0.05) is 35.0 Å². The molecule has 2 aromatic rings. The molecule has 1 aliphatic heterocycles. The highest BCUT2D eigenvalue weighted by Gasteiger charge is 2.52. The van der Waals surface area contributed by atoms with Gasteiger partial charge in [-0.25, -0.2) is 9.69 Å². The molecule has 1 aliphatic rings. The third-order valence-corrected chi connectivity index (χ3v) is 7.10. The van der Waals surface area contributed by atoms with Crippen molar-refractivity contribution in [3.05, 3.63) is 75.8 Å². The Balaban J connectivity index is 1.77. The third-order valence-electron chi connectivity index (χ3n) is 6.61. The Morgan fingerprint density at radius 1 is 1.24 bits per heavy atom. The number of urea groups is 1. The molecule has 12 heteroatoms. The summed E-state index contributed by atoms with van der Waals surface area (Å²) in [6.45, 7) is 6.52. The van der Waals surface area contributed by atoms with Crippen molar-refractivity contribution in [1.29, 1.82) is 5.26 Å². The number of alkyl halides is 3. The van der Waals surface area contributed by atoms with Crippen LogP contribution >= 0.6 is 11.6 Å². The summed E-state index contributed by atoms with van der Waals surface area (Å²) in [6, 6.07) is 7.85. The van der Waals surface area contributed by atoms with Crippen molar-refractivity contribution >= 4 is 41.0 Å². The number of benzene rings is 2. The van der Waals surface area contributed by atoms with Crippen LogP contribution in [-0.2, 0) is 11.0 Å². The molecular formula is C29H28ClF3N4O4. The molecule has 1 saturated heterocycles. The van der Waals surface area contributed by atoms with Gasteiger partial charge in [0, 0.05) is 6.54 Å². The van der Waals surface area contributed by atoms with Crippen molar-refractivity contribution in [3.63, 3.8) is 0 Å². The number of ether oxygens (including phenoxy) is 1. The van der Waals surface area contributed by atoms with Crippen molar-refractivity contribution in [3.8, 4) is 11.8 Å². The molecule has 0 aromatic heterocycles. The lowest BCUT2D eigenvalue weighted by atomic mass is 9.98. The van der Waals surface area contributed by atoms with Crippen LogP contribution in [0.25, 0.3) is 5.57 Å². The summed E-state index contributed by atoms with van der Waals surface area (Å²) in [4.78, 5) is 28.9. The molecule has 0 saturated carbocycles. The Bertz CT molecular complexity index is 1480. The van der Waals surface area contributed by atoms with Crippen LogP contribution in [0.4, 0.5) is 23.7 Å². The molecule has 0 atom stereocenters. The van der Waals surface area contributed by atoms with Gasteiger partial charge < -0.3 is 14.8 Å². The summed E-state index contributed by atoms with van der Waals surface area (Å²) in [5, 5.41) is 20.8. The lowest BCUT2D eigenvalue weighted by Crippen LogP contribution is -2.44. The molecular weight excluding hydrogens is 561 g/mol. The standard InChI is InChI=1S/C29H28ClF3N4O4/c1-5-7-19(12-13-35-40)22-10-9-21(16-23(22)29(31,32)33)41-15-6-14-36-27(39)37(26(38)28(36,3)4)24-11-8-20(17-34)25(30)18(24)2/h5,7-13,16,40H,6,14-15H2,1-4H3/b7-5-,19-12+,35-13+. The van der Waals surface area contributed by atoms with Crippen LogP contribution in [-0.4, -0.2) is 47.0 Å². The summed E-state index contributed by atoms with van der Waals surface area (Å²) >= 11 is 6.25. The molecule has 3 rings (SSSR count). The summed E-state index contributed by atoms with van der Waals surface area (Å²) in [6.07, 6.45) is 0.782. The van der Waals surface area contributed by atoms with E-state index in [1.807, 2.05) is 6.07 Å². The smallest absolute Gasteiger partial charge is 0.417 e. The van der Waals surface area contributed by atoms with Gasteiger partial charge in [-0.3, -0.25) is 4.79 Å². The Morgan fingerprint density at radius 3 is 2.56 bits per heavy atom. The summed E-state index contributed by atoms with van der Waals surface area (Å²) in [5.74, 6) is -0.502. The van der Waals surface area contributed by atoms with Crippen LogP contribution in [0, 0.1) is 18.3 Å². The number of oxime groups is 1. The van der Waals surface area contributed by atoms with E-state index in [9.17, 15) is 28.0 Å². The molecule has 0 radical (unpaired) electrons. The first-order valence-corrected chi connectivity index (χ1v) is 12.9. The maximum Gasteiger partial charge on any atom is 0.417 e. The number of hydrogen-bond acceptors (Lipinski definition) is 6. The number of amides is 3. The monoisotopic (exact) mass is 588 g/mol. The predicted octanol–water partition coefficient (Wildman–Crippen LogP) is 6.97. The van der Waals surface area contributed by atoms with Crippen molar-refractivity contribution in [1.82, 2.24) is 4.90 Å². The Kier molecular flexibility index (Phi) is 9.50. The number of hydrogen-bond donors (Lipinski definition) is 1. The second-order valence-corrected chi connectivity index (χ2v) is 9.99. The van der Waals surface area contributed by atoms with Gasteiger partial charge in [-0.05, 0) is 81.2 Å². The van der Waals surface area contributed by atoms with E-state index >= 15 is 0 Å². The van der Waals surface area contributed by atoms with E-state index in [0.29, 0.717) is 5.56 Å². The molecule has 0 aliphatic carbocycles. The number of carbonyl (C=O) groups is 2. The fraction of sp³-hybridized carbons (Fsp3) is 0.310. The Morgan fingerprint density at radius 2 is 1.95 bits per heavy atom. The molecule has 0 spiro atoms. The molecule has 0 bridgehead atoms. The summed E-state index contributed by atoms with van der Waals surface area (Å²) in [7, 11) is 0. The van der Waals surface area contributed by atoms with Crippen LogP contribution < -0.4 is 9.64 Å². The quantitative estimate of drug-likeness (QED) is 0.0850. The molecule has 1 heterocycles. The zero-order valence-corrected chi connectivity index (χ0v) is 23.5. The normalized spacial score (nSPS) is 15.8. The van der Waals surface area contributed by atoms with Gasteiger partial charge in [-0.15, -0.1) is 0 Å². The molecule has 216 valence electrons. The van der Waals surface area contributed by atoms with E-state index in [4.69, 9.17) is 21.5 Å². The zero-order chi connectivity index (χ0) is 30.5. The topological polar surface area (TPSA) is 106 Å². The fourth-order valence-electron chi connectivity index (χ4n) is 4.47. The first-order chi connectivity index (χ1) is 19.3. The van der Waals surface area contributed by atoms with Crippen molar-refractivity contribution in [2.45, 2.75) is 45.8 Å². The summed E-state index contributed by atoms with van der Waals surface area (Å²) < 4.78 is 47.3. The number of carbonyl (C=O) groups excluding carboxylic acids is 2. The number of imide groups is 1. The van der Waals surface area contributed by atoms with Crippen LogP contribution in [0.3, 0.4) is 0 Å². The van der Waals surface area contributed by atoms with Gasteiger partial charge >= 0.3 is 12.2 Å². The summed E-state index contributed by atoms with van der Waals surface area (Å²) in [5.41, 5.74) is -1.17. The maximum atomic E-state index is 13.9. The van der Waals surface area contributed by atoms with Gasteiger partial charge in [-0.2, -0.15) is 18.4 Å². The molecule has 2 aromatic carbocycles. The van der Waals surface area contributed by atoms with Crippen molar-refractivity contribution < 1.29 is 32.7 Å². The van der Waals surface area contributed by atoms with Crippen LogP contribution in [0.1, 0.15) is 49.4 Å². The van der Waals surface area contributed by atoms with Gasteiger partial charge in [0.1, 0.15) is 17.4 Å². The number of halogens is 4. The average molecular weight is 589 g/mol. The molecule has 8 nitrogen and oxygen atoms in total. The number of anilines is 1. The van der Waals surface area contributed by atoms with Crippen molar-refractivity contribution in [2.75, 3.05) is 18.1 Å². The van der Waals surface area contributed by atoms with E-state index in [1.54, 1.807) is 33.8 Å². The molecule has 1 fully saturated rings. The van der Waals surface area contributed by atoms with Gasteiger partial charge in [0.15, 0.2) is 0 Å². The number of allylic oxidation sites excluding steroid dienone is 4. The number of nitriles is 1. The lowest BCUT2D eigenvalue weighted by Gasteiger charge is -2.27. The molecule has 0 unspecified atom stereocenters.